The van der Waals surface area contributed by atoms with Gasteiger partial charge in [-0.05, 0) is 29.2 Å². The third-order valence-corrected chi connectivity index (χ3v) is 4.21. The molecule has 1 atom stereocenters. The van der Waals surface area contributed by atoms with E-state index < -0.39 is 0 Å². The van der Waals surface area contributed by atoms with Crippen LogP contribution in [0.5, 0.6) is 0 Å². The summed E-state index contributed by atoms with van der Waals surface area (Å²) in [6.45, 7) is 3.82. The van der Waals surface area contributed by atoms with E-state index in [1.807, 2.05) is 36.4 Å². The Labute approximate surface area is 150 Å². The van der Waals surface area contributed by atoms with Crippen LogP contribution in [0.1, 0.15) is 28.4 Å². The molecule has 0 heterocycles. The fourth-order valence-corrected chi connectivity index (χ4v) is 2.80. The molecule has 0 aliphatic rings. The molecule has 25 heavy (non-hydrogen) atoms. The summed E-state index contributed by atoms with van der Waals surface area (Å²) in [5, 5.41) is 0. The van der Waals surface area contributed by atoms with Gasteiger partial charge in [0.25, 0.3) is 0 Å². The summed E-state index contributed by atoms with van der Waals surface area (Å²) in [6.07, 6.45) is -0.0786. The van der Waals surface area contributed by atoms with Gasteiger partial charge in [0.1, 0.15) is 6.10 Å². The number of aryl methyl sites for hydroxylation is 1. The van der Waals surface area contributed by atoms with E-state index in [1.54, 1.807) is 0 Å². The molecule has 0 radical (unpaired) electrons. The van der Waals surface area contributed by atoms with Crippen molar-refractivity contribution < 1.29 is 9.47 Å². The van der Waals surface area contributed by atoms with Crippen LogP contribution in [0.3, 0.4) is 0 Å². The van der Waals surface area contributed by atoms with Crippen molar-refractivity contribution in [3.05, 3.63) is 107 Å². The lowest BCUT2D eigenvalue weighted by molar-refractivity contribution is -0.0316. The highest BCUT2D eigenvalue weighted by Gasteiger charge is 2.15. The maximum absolute atomic E-state index is 6.21. The van der Waals surface area contributed by atoms with Crippen LogP contribution >= 0.6 is 0 Å². The van der Waals surface area contributed by atoms with Crippen molar-refractivity contribution in [1.29, 1.82) is 0 Å². The fraction of sp³-hybridized carbons (Fsp3) is 0.217. The van der Waals surface area contributed by atoms with Crippen molar-refractivity contribution in [2.24, 2.45) is 0 Å². The Hall–Kier alpha value is -2.42. The van der Waals surface area contributed by atoms with E-state index in [9.17, 15) is 0 Å². The molecule has 0 aliphatic carbocycles. The number of ether oxygens (including phenoxy) is 2. The Bertz CT molecular complexity index is 753. The first-order valence-corrected chi connectivity index (χ1v) is 8.65. The molecule has 3 aromatic rings. The molecule has 0 fully saturated rings. The van der Waals surface area contributed by atoms with Gasteiger partial charge in [0.2, 0.25) is 0 Å². The van der Waals surface area contributed by atoms with Gasteiger partial charge in [-0.25, -0.2) is 0 Å². The molecule has 0 aromatic heterocycles. The molecule has 0 saturated heterocycles. The molecule has 2 nitrogen and oxygen atoms in total. The minimum Gasteiger partial charge on any atom is -0.374 e. The first-order valence-electron chi connectivity index (χ1n) is 8.65. The maximum Gasteiger partial charge on any atom is 0.107 e. The van der Waals surface area contributed by atoms with Crippen molar-refractivity contribution in [2.45, 2.75) is 26.2 Å². The van der Waals surface area contributed by atoms with E-state index in [2.05, 4.69) is 55.5 Å². The second kappa shape index (κ2) is 9.16. The molecule has 128 valence electrons. The molecular weight excluding hydrogens is 308 g/mol. The highest BCUT2D eigenvalue weighted by atomic mass is 16.5. The first kappa shape index (κ1) is 17.4. The summed E-state index contributed by atoms with van der Waals surface area (Å²) in [4.78, 5) is 0. The van der Waals surface area contributed by atoms with Crippen molar-refractivity contribution in [1.82, 2.24) is 0 Å². The van der Waals surface area contributed by atoms with Gasteiger partial charge in [-0.1, -0.05) is 84.9 Å². The van der Waals surface area contributed by atoms with Crippen molar-refractivity contribution in [3.8, 4) is 0 Å². The van der Waals surface area contributed by atoms with Crippen LogP contribution in [0.25, 0.3) is 0 Å². The monoisotopic (exact) mass is 332 g/mol. The minimum absolute atomic E-state index is 0.0786. The third-order valence-electron chi connectivity index (χ3n) is 4.21. The summed E-state index contributed by atoms with van der Waals surface area (Å²) in [7, 11) is 0. The summed E-state index contributed by atoms with van der Waals surface area (Å²) in [5.41, 5.74) is 4.76. The average Bonchev–Trinajstić information content (AvgIpc) is 2.67. The zero-order valence-corrected chi connectivity index (χ0v) is 14.6. The van der Waals surface area contributed by atoms with Crippen LogP contribution in [0.4, 0.5) is 0 Å². The van der Waals surface area contributed by atoms with Gasteiger partial charge < -0.3 is 9.47 Å². The molecule has 3 rings (SSSR count). The summed E-state index contributed by atoms with van der Waals surface area (Å²) >= 11 is 0. The number of benzene rings is 3. The fourth-order valence-electron chi connectivity index (χ4n) is 2.80. The zero-order valence-electron chi connectivity index (χ0n) is 14.6. The number of hydrogen-bond donors (Lipinski definition) is 0. The van der Waals surface area contributed by atoms with Gasteiger partial charge >= 0.3 is 0 Å². The van der Waals surface area contributed by atoms with Crippen molar-refractivity contribution in [2.75, 3.05) is 6.61 Å². The average molecular weight is 332 g/mol. The van der Waals surface area contributed by atoms with Gasteiger partial charge in [0.15, 0.2) is 0 Å². The number of hydrogen-bond acceptors (Lipinski definition) is 2. The summed E-state index contributed by atoms with van der Waals surface area (Å²) < 4.78 is 12.2. The largest absolute Gasteiger partial charge is 0.374 e. The predicted molar refractivity (Wildman–Crippen MR) is 101 cm³/mol. The molecule has 0 N–H and O–H groups in total. The Morgan fingerprint density at radius 2 is 1.24 bits per heavy atom. The first-order chi connectivity index (χ1) is 12.3. The highest BCUT2D eigenvalue weighted by Crippen LogP contribution is 2.23. The molecule has 1 unspecified atom stereocenters. The van der Waals surface area contributed by atoms with E-state index in [-0.39, 0.29) is 6.10 Å². The molecular formula is C23H24O2. The number of rotatable bonds is 8. The summed E-state index contributed by atoms with van der Waals surface area (Å²) in [5.74, 6) is 0. The van der Waals surface area contributed by atoms with E-state index in [4.69, 9.17) is 9.47 Å². The van der Waals surface area contributed by atoms with E-state index in [1.165, 1.54) is 22.3 Å². The molecule has 0 bridgehead atoms. The standard InChI is InChI=1S/C23H24O2/c1-19-10-8-9-15-22(19)23(25-17-21-13-6-3-7-14-21)18-24-16-20-11-4-2-5-12-20/h2-15,23H,16-18H2,1H3. The second-order valence-electron chi connectivity index (χ2n) is 6.14. The second-order valence-corrected chi connectivity index (χ2v) is 6.14. The molecule has 2 heteroatoms. The minimum atomic E-state index is -0.0786. The van der Waals surface area contributed by atoms with Gasteiger partial charge in [0.05, 0.1) is 19.8 Å². The molecule has 0 saturated carbocycles. The third kappa shape index (κ3) is 5.28. The smallest absolute Gasteiger partial charge is 0.107 e. The van der Waals surface area contributed by atoms with Gasteiger partial charge in [0, 0.05) is 0 Å². The molecule has 0 spiro atoms. The van der Waals surface area contributed by atoms with Crippen molar-refractivity contribution in [3.63, 3.8) is 0 Å². The SMILES string of the molecule is Cc1ccccc1C(COCc1ccccc1)OCc1ccccc1. The summed E-state index contributed by atoms with van der Waals surface area (Å²) in [6, 6.07) is 28.8. The van der Waals surface area contributed by atoms with Crippen LogP contribution < -0.4 is 0 Å². The normalized spacial score (nSPS) is 12.0. The molecule has 3 aromatic carbocycles. The topological polar surface area (TPSA) is 18.5 Å². The molecule has 0 amide bonds. The van der Waals surface area contributed by atoms with Gasteiger partial charge in [-0.2, -0.15) is 0 Å². The Morgan fingerprint density at radius 1 is 0.680 bits per heavy atom. The Kier molecular flexibility index (Phi) is 6.38. The van der Waals surface area contributed by atoms with E-state index in [0.717, 1.165) is 0 Å². The zero-order chi connectivity index (χ0) is 17.3. The van der Waals surface area contributed by atoms with Crippen LogP contribution in [0.15, 0.2) is 84.9 Å². The van der Waals surface area contributed by atoms with Gasteiger partial charge in [-0.15, -0.1) is 0 Å². The van der Waals surface area contributed by atoms with Crippen LogP contribution in [-0.2, 0) is 22.7 Å². The van der Waals surface area contributed by atoms with Gasteiger partial charge in [-0.3, -0.25) is 0 Å². The lowest BCUT2D eigenvalue weighted by Gasteiger charge is -2.20. The Balaban J connectivity index is 1.65. The van der Waals surface area contributed by atoms with Crippen molar-refractivity contribution >= 4 is 0 Å². The lowest BCUT2D eigenvalue weighted by atomic mass is 10.0. The molecule has 0 aliphatic heterocycles. The maximum atomic E-state index is 6.21. The lowest BCUT2D eigenvalue weighted by Crippen LogP contribution is -2.13. The van der Waals surface area contributed by atoms with E-state index in [0.29, 0.717) is 19.8 Å². The quantitative estimate of drug-likeness (QED) is 0.544. The Morgan fingerprint density at radius 3 is 1.88 bits per heavy atom. The van der Waals surface area contributed by atoms with E-state index >= 15 is 0 Å². The predicted octanol–water partition coefficient (Wildman–Crippen LogP) is 5.47. The van der Waals surface area contributed by atoms with Crippen LogP contribution in [0, 0.1) is 6.92 Å². The highest BCUT2D eigenvalue weighted by molar-refractivity contribution is 5.28. The van der Waals surface area contributed by atoms with Crippen LogP contribution in [-0.4, -0.2) is 6.61 Å². The van der Waals surface area contributed by atoms with Crippen LogP contribution in [0.2, 0.25) is 0 Å².